The lowest BCUT2D eigenvalue weighted by Gasteiger charge is -2.19. The fraction of sp³-hybridized carbons (Fsp3) is 0.200. The van der Waals surface area contributed by atoms with Crippen molar-refractivity contribution < 1.29 is 14.4 Å². The average Bonchev–Trinajstić information content (AvgIpc) is 2.55. The van der Waals surface area contributed by atoms with Gasteiger partial charge in [0, 0.05) is 18.3 Å². The van der Waals surface area contributed by atoms with Gasteiger partial charge in [-0.1, -0.05) is 24.3 Å². The van der Waals surface area contributed by atoms with Crippen LogP contribution in [0, 0.1) is 5.92 Å². The van der Waals surface area contributed by atoms with Gasteiger partial charge in [0.05, 0.1) is 0 Å². The minimum Gasteiger partial charge on any atom is -0.353 e. The zero-order chi connectivity index (χ0) is 15.5. The number of dihydropyridines is 1. The topological polar surface area (TPSA) is 100 Å². The van der Waals surface area contributed by atoms with Crippen molar-refractivity contribution in [3.63, 3.8) is 0 Å². The summed E-state index contributed by atoms with van der Waals surface area (Å²) in [4.78, 5) is 38.8. The number of allylic oxidation sites excluding steroid dienone is 1. The first kappa shape index (κ1) is 14.0. The number of aliphatic imine (C=N–C) groups is 1. The molecule has 0 saturated heterocycles. The molecule has 1 aromatic carbocycles. The Balaban J connectivity index is 1.70. The summed E-state index contributed by atoms with van der Waals surface area (Å²) in [7, 11) is 0. The van der Waals surface area contributed by atoms with Gasteiger partial charge in [-0.3, -0.25) is 14.4 Å². The van der Waals surface area contributed by atoms with Gasteiger partial charge in [0.1, 0.15) is 12.0 Å². The largest absolute Gasteiger partial charge is 0.353 e. The summed E-state index contributed by atoms with van der Waals surface area (Å²) in [6, 6.07) is 6.55. The predicted octanol–water partition coefficient (Wildman–Crippen LogP) is 1.23. The molecular weight excluding hydrogens is 284 g/mol. The lowest BCUT2D eigenvalue weighted by atomic mass is 9.98. The van der Waals surface area contributed by atoms with Gasteiger partial charge in [0.15, 0.2) is 0 Å². The normalized spacial score (nSPS) is 22.5. The first-order valence-electron chi connectivity index (χ1n) is 6.73. The number of fused-ring (bicyclic) bond motifs is 1. The van der Waals surface area contributed by atoms with E-state index in [1.54, 1.807) is 30.3 Å². The molecule has 0 bridgehead atoms. The highest BCUT2D eigenvalue weighted by molar-refractivity contribution is 6.07. The van der Waals surface area contributed by atoms with E-state index in [0.717, 1.165) is 0 Å². The van der Waals surface area contributed by atoms with Crippen molar-refractivity contribution in [2.75, 3.05) is 6.54 Å². The van der Waals surface area contributed by atoms with E-state index >= 15 is 0 Å². The Bertz CT molecular complexity index is 736. The molecule has 0 fully saturated rings. The van der Waals surface area contributed by atoms with Crippen LogP contribution in [0.4, 0.5) is 0 Å². The van der Waals surface area contributed by atoms with E-state index in [2.05, 4.69) is 20.5 Å². The number of nitrogens with zero attached hydrogens (tertiary/aromatic N) is 3. The summed E-state index contributed by atoms with van der Waals surface area (Å²) in [6.45, 7) is 0.161. The smallest absolute Gasteiger partial charge is 0.295 e. The average molecular weight is 296 g/mol. The first-order valence-corrected chi connectivity index (χ1v) is 6.73. The van der Waals surface area contributed by atoms with Gasteiger partial charge < -0.3 is 5.32 Å². The fourth-order valence-corrected chi connectivity index (χ4v) is 2.32. The molecule has 2 aliphatic rings. The molecule has 3 amide bonds. The molecule has 22 heavy (non-hydrogen) atoms. The second kappa shape index (κ2) is 5.80. The Morgan fingerprint density at radius 1 is 1.23 bits per heavy atom. The number of hydrogen-bond acceptors (Lipinski definition) is 4. The monoisotopic (exact) mass is 296 g/mol. The van der Waals surface area contributed by atoms with Crippen molar-refractivity contribution >= 4 is 23.9 Å². The molecule has 0 aromatic heterocycles. The molecule has 7 heteroatoms. The molecule has 2 atom stereocenters. The third kappa shape index (κ3) is 2.60. The zero-order valence-electron chi connectivity index (χ0n) is 11.5. The van der Waals surface area contributed by atoms with Crippen LogP contribution in [0.25, 0.3) is 0 Å². The summed E-state index contributed by atoms with van der Waals surface area (Å²) < 4.78 is 0. The molecule has 1 N–H and O–H groups in total. The summed E-state index contributed by atoms with van der Waals surface area (Å²) in [5.74, 6) is -2.25. The van der Waals surface area contributed by atoms with Crippen molar-refractivity contribution in [1.29, 1.82) is 0 Å². The van der Waals surface area contributed by atoms with Crippen molar-refractivity contribution in [1.82, 2.24) is 5.32 Å². The number of azo groups is 1. The zero-order valence-corrected chi connectivity index (χ0v) is 11.5. The van der Waals surface area contributed by atoms with Gasteiger partial charge >= 0.3 is 0 Å². The maximum atomic E-state index is 12.0. The number of hydrogen-bond donors (Lipinski definition) is 1. The summed E-state index contributed by atoms with van der Waals surface area (Å²) >= 11 is 0. The van der Waals surface area contributed by atoms with Gasteiger partial charge in [-0.15, -0.1) is 5.11 Å². The Hall–Kier alpha value is -2.96. The molecule has 7 nitrogen and oxygen atoms in total. The molecular formula is C15H12N4O3. The van der Waals surface area contributed by atoms with E-state index in [0.29, 0.717) is 11.1 Å². The highest BCUT2D eigenvalue weighted by Gasteiger charge is 2.27. The van der Waals surface area contributed by atoms with E-state index < -0.39 is 29.7 Å². The molecule has 0 spiro atoms. The maximum absolute atomic E-state index is 12.0. The number of carbonyl (C=O) groups is 3. The van der Waals surface area contributed by atoms with E-state index in [4.69, 9.17) is 0 Å². The third-order valence-electron chi connectivity index (χ3n) is 3.45. The van der Waals surface area contributed by atoms with Crippen LogP contribution in [-0.2, 0) is 9.59 Å². The van der Waals surface area contributed by atoms with E-state index in [1.807, 2.05) is 0 Å². The Labute approximate surface area is 125 Å². The van der Waals surface area contributed by atoms with Crippen molar-refractivity contribution in [2.24, 2.45) is 21.1 Å². The third-order valence-corrected chi connectivity index (χ3v) is 3.45. The fourth-order valence-electron chi connectivity index (χ4n) is 2.32. The maximum Gasteiger partial charge on any atom is 0.295 e. The van der Waals surface area contributed by atoms with Crippen LogP contribution in [0.1, 0.15) is 22.0 Å². The van der Waals surface area contributed by atoms with Gasteiger partial charge in [-0.05, 0) is 17.7 Å². The number of amides is 3. The Morgan fingerprint density at radius 3 is 2.86 bits per heavy atom. The predicted molar refractivity (Wildman–Crippen MR) is 77.5 cm³/mol. The van der Waals surface area contributed by atoms with E-state index in [9.17, 15) is 14.4 Å². The molecule has 2 unspecified atom stereocenters. The van der Waals surface area contributed by atoms with Crippen molar-refractivity contribution in [2.45, 2.75) is 6.04 Å². The second-order valence-corrected chi connectivity index (χ2v) is 4.85. The minimum atomic E-state index is -0.914. The van der Waals surface area contributed by atoms with Gasteiger partial charge in [-0.2, -0.15) is 5.11 Å². The molecule has 2 aliphatic heterocycles. The van der Waals surface area contributed by atoms with Gasteiger partial charge in [0.2, 0.25) is 5.91 Å². The van der Waals surface area contributed by atoms with E-state index in [-0.39, 0.29) is 6.54 Å². The summed E-state index contributed by atoms with van der Waals surface area (Å²) in [6.07, 6.45) is 4.40. The van der Waals surface area contributed by atoms with E-state index in [1.165, 1.54) is 12.3 Å². The Kier molecular flexibility index (Phi) is 3.69. The van der Waals surface area contributed by atoms with Gasteiger partial charge in [-0.25, -0.2) is 4.99 Å². The molecule has 0 saturated carbocycles. The number of benzene rings is 1. The Morgan fingerprint density at radius 2 is 2.05 bits per heavy atom. The number of rotatable bonds is 3. The molecule has 0 radical (unpaired) electrons. The van der Waals surface area contributed by atoms with Crippen molar-refractivity contribution in [3.8, 4) is 0 Å². The van der Waals surface area contributed by atoms with Crippen LogP contribution in [0.2, 0.25) is 0 Å². The van der Waals surface area contributed by atoms with Crippen LogP contribution in [-0.4, -0.2) is 30.5 Å². The minimum absolute atomic E-state index is 0.161. The SMILES string of the molecule is O=C1N=NC(CNC(=O)C2C=CC=NC2=O)c2ccccc21. The second-order valence-electron chi connectivity index (χ2n) is 4.85. The van der Waals surface area contributed by atoms with Crippen LogP contribution in [0.15, 0.2) is 51.6 Å². The molecule has 0 aliphatic carbocycles. The summed E-state index contributed by atoms with van der Waals surface area (Å²) in [5.41, 5.74) is 1.20. The quantitative estimate of drug-likeness (QED) is 0.849. The molecule has 110 valence electrons. The highest BCUT2D eigenvalue weighted by Crippen LogP contribution is 2.26. The summed E-state index contributed by atoms with van der Waals surface area (Å²) in [5, 5.41) is 10.2. The standard InChI is InChI=1S/C15H12N4O3/c20-13-11(6-3-7-16-13)14(21)17-8-12-9-4-1-2-5-10(9)15(22)19-18-12/h1-7,11-12H,8H2,(H,17,21). The number of nitrogens with one attached hydrogen (secondary N) is 1. The van der Waals surface area contributed by atoms with Crippen LogP contribution >= 0.6 is 0 Å². The van der Waals surface area contributed by atoms with Crippen LogP contribution in [0.3, 0.4) is 0 Å². The first-order chi connectivity index (χ1) is 10.7. The molecule has 2 heterocycles. The lowest BCUT2D eigenvalue weighted by molar-refractivity contribution is -0.131. The molecule has 1 aromatic rings. The van der Waals surface area contributed by atoms with Crippen LogP contribution < -0.4 is 5.32 Å². The molecule has 3 rings (SSSR count). The highest BCUT2D eigenvalue weighted by atomic mass is 16.2. The van der Waals surface area contributed by atoms with Crippen molar-refractivity contribution in [3.05, 3.63) is 47.5 Å². The lowest BCUT2D eigenvalue weighted by Crippen LogP contribution is -2.37. The van der Waals surface area contributed by atoms with Crippen LogP contribution in [0.5, 0.6) is 0 Å². The number of carbonyl (C=O) groups excluding carboxylic acids is 3. The van der Waals surface area contributed by atoms with Gasteiger partial charge in [0.25, 0.3) is 11.8 Å².